The zero-order valence-electron chi connectivity index (χ0n) is 5.39. The van der Waals surface area contributed by atoms with E-state index in [4.69, 9.17) is 11.6 Å². The lowest BCUT2D eigenvalue weighted by atomic mass is 10.2. The first-order valence-corrected chi connectivity index (χ1v) is 3.35. The second-order valence-electron chi connectivity index (χ2n) is 1.99. The van der Waals surface area contributed by atoms with Crippen LogP contribution in [0.3, 0.4) is 0 Å². The van der Waals surface area contributed by atoms with Gasteiger partial charge in [0.2, 0.25) is 0 Å². The molecule has 0 saturated heterocycles. The fraction of sp³-hybridized carbons (Fsp3) is 1.00. The normalized spacial score (nSPS) is 13.6. The van der Waals surface area contributed by atoms with Crippen LogP contribution in [-0.2, 0) is 0 Å². The Balaban J connectivity index is 4.00. The van der Waals surface area contributed by atoms with Crippen molar-refractivity contribution in [2.75, 3.05) is 5.88 Å². The van der Waals surface area contributed by atoms with E-state index in [1.165, 1.54) is 0 Å². The molecular formula is C5H6ClF5. The number of rotatable bonds is 3. The maximum Gasteiger partial charge on any atom is 0.453 e. The Morgan fingerprint density at radius 3 is 1.73 bits per heavy atom. The average Bonchev–Trinajstić information content (AvgIpc) is 1.81. The summed E-state index contributed by atoms with van der Waals surface area (Å²) in [6, 6.07) is 0. The van der Waals surface area contributed by atoms with Crippen molar-refractivity contribution >= 4 is 11.6 Å². The summed E-state index contributed by atoms with van der Waals surface area (Å²) in [6.45, 7) is 0. The molecular weight excluding hydrogens is 190 g/mol. The molecule has 0 radical (unpaired) electrons. The van der Waals surface area contributed by atoms with Crippen molar-refractivity contribution in [3.05, 3.63) is 0 Å². The van der Waals surface area contributed by atoms with Gasteiger partial charge in [0, 0.05) is 12.3 Å². The number of alkyl halides is 6. The van der Waals surface area contributed by atoms with E-state index >= 15 is 0 Å². The first-order chi connectivity index (χ1) is 4.81. The maximum atomic E-state index is 11.9. The quantitative estimate of drug-likeness (QED) is 0.480. The molecule has 0 bridgehead atoms. The first-order valence-electron chi connectivity index (χ1n) is 2.82. The van der Waals surface area contributed by atoms with Crippen LogP contribution in [0.15, 0.2) is 0 Å². The van der Waals surface area contributed by atoms with Crippen LogP contribution in [-0.4, -0.2) is 18.0 Å². The van der Waals surface area contributed by atoms with Gasteiger partial charge in [0.1, 0.15) is 0 Å². The second-order valence-corrected chi connectivity index (χ2v) is 2.37. The minimum Gasteiger partial charge on any atom is -0.196 e. The lowest BCUT2D eigenvalue weighted by Gasteiger charge is -2.18. The van der Waals surface area contributed by atoms with Gasteiger partial charge in [-0.15, -0.1) is 11.6 Å². The van der Waals surface area contributed by atoms with E-state index in [1.54, 1.807) is 0 Å². The van der Waals surface area contributed by atoms with Crippen LogP contribution in [0.1, 0.15) is 12.8 Å². The number of hydrogen-bond donors (Lipinski definition) is 0. The Kier molecular flexibility index (Phi) is 3.54. The Bertz CT molecular complexity index is 119. The van der Waals surface area contributed by atoms with Crippen LogP contribution in [0.25, 0.3) is 0 Å². The summed E-state index contributed by atoms with van der Waals surface area (Å²) in [5, 5.41) is 0. The summed E-state index contributed by atoms with van der Waals surface area (Å²) >= 11 is 4.96. The van der Waals surface area contributed by atoms with Crippen LogP contribution in [0, 0.1) is 0 Å². The lowest BCUT2D eigenvalue weighted by molar-refractivity contribution is -0.284. The van der Waals surface area contributed by atoms with E-state index in [2.05, 4.69) is 0 Å². The standard InChI is InChI=1S/C5H6ClF5/c6-3-1-2-4(7,8)5(9,10)11/h1-3H2. The smallest absolute Gasteiger partial charge is 0.196 e. The molecule has 11 heavy (non-hydrogen) atoms. The minimum absolute atomic E-state index is 0.189. The molecule has 0 aliphatic rings. The van der Waals surface area contributed by atoms with E-state index in [1.807, 2.05) is 0 Å². The number of halogens is 6. The van der Waals surface area contributed by atoms with Gasteiger partial charge in [-0.2, -0.15) is 22.0 Å². The van der Waals surface area contributed by atoms with Crippen LogP contribution in [0.2, 0.25) is 0 Å². The van der Waals surface area contributed by atoms with Gasteiger partial charge in [0.25, 0.3) is 0 Å². The van der Waals surface area contributed by atoms with Crippen molar-refractivity contribution in [3.63, 3.8) is 0 Å². The summed E-state index contributed by atoms with van der Waals surface area (Å²) < 4.78 is 58.0. The molecule has 0 aromatic carbocycles. The summed E-state index contributed by atoms with van der Waals surface area (Å²) in [5.74, 6) is -4.78. The molecule has 0 nitrogen and oxygen atoms in total. The lowest BCUT2D eigenvalue weighted by Crippen LogP contribution is -2.36. The van der Waals surface area contributed by atoms with Gasteiger partial charge in [-0.25, -0.2) is 0 Å². The highest BCUT2D eigenvalue weighted by Gasteiger charge is 2.56. The van der Waals surface area contributed by atoms with E-state index in [-0.39, 0.29) is 12.3 Å². The third-order valence-electron chi connectivity index (χ3n) is 1.04. The molecule has 0 unspecified atom stereocenters. The minimum atomic E-state index is -5.45. The van der Waals surface area contributed by atoms with Gasteiger partial charge < -0.3 is 0 Å². The Morgan fingerprint density at radius 2 is 1.45 bits per heavy atom. The molecule has 0 rings (SSSR count). The maximum absolute atomic E-state index is 11.9. The molecule has 0 N–H and O–H groups in total. The monoisotopic (exact) mass is 196 g/mol. The van der Waals surface area contributed by atoms with Gasteiger partial charge in [-0.3, -0.25) is 0 Å². The van der Waals surface area contributed by atoms with Crippen molar-refractivity contribution in [1.82, 2.24) is 0 Å². The van der Waals surface area contributed by atoms with Gasteiger partial charge in [0.15, 0.2) is 0 Å². The molecule has 6 heteroatoms. The zero-order valence-corrected chi connectivity index (χ0v) is 6.15. The Morgan fingerprint density at radius 1 is 1.00 bits per heavy atom. The molecule has 68 valence electrons. The molecule has 0 amide bonds. The predicted molar refractivity (Wildman–Crippen MR) is 31.0 cm³/mol. The molecule has 0 aliphatic heterocycles. The molecule has 0 saturated carbocycles. The third-order valence-corrected chi connectivity index (χ3v) is 1.31. The first kappa shape index (κ1) is 10.9. The molecule has 0 heterocycles. The predicted octanol–water partition coefficient (Wildman–Crippen LogP) is 3.20. The molecule has 0 aromatic heterocycles. The largest absolute Gasteiger partial charge is 0.453 e. The second kappa shape index (κ2) is 3.56. The van der Waals surface area contributed by atoms with Crippen molar-refractivity contribution in [2.24, 2.45) is 0 Å². The van der Waals surface area contributed by atoms with Crippen LogP contribution in [0.4, 0.5) is 22.0 Å². The summed E-state index contributed by atoms with van der Waals surface area (Å²) in [7, 11) is 0. The van der Waals surface area contributed by atoms with Gasteiger partial charge >= 0.3 is 12.1 Å². The summed E-state index contributed by atoms with van der Waals surface area (Å²) in [5.41, 5.74) is 0. The van der Waals surface area contributed by atoms with Crippen LogP contribution < -0.4 is 0 Å². The van der Waals surface area contributed by atoms with E-state index in [0.29, 0.717) is 0 Å². The van der Waals surface area contributed by atoms with Crippen LogP contribution >= 0.6 is 11.6 Å². The van der Waals surface area contributed by atoms with Gasteiger partial charge in [0.05, 0.1) is 0 Å². The Labute approximate surface area is 65.3 Å². The molecule has 0 atom stereocenters. The fourth-order valence-corrected chi connectivity index (χ4v) is 0.564. The van der Waals surface area contributed by atoms with Gasteiger partial charge in [-0.05, 0) is 6.42 Å². The highest BCUT2D eigenvalue weighted by Crippen LogP contribution is 2.38. The Hall–Kier alpha value is -0.0600. The van der Waals surface area contributed by atoms with E-state index in [9.17, 15) is 22.0 Å². The highest BCUT2D eigenvalue weighted by molar-refractivity contribution is 6.17. The van der Waals surface area contributed by atoms with Crippen molar-refractivity contribution in [3.8, 4) is 0 Å². The van der Waals surface area contributed by atoms with Crippen molar-refractivity contribution in [2.45, 2.75) is 24.9 Å². The average molecular weight is 197 g/mol. The molecule has 0 aromatic rings. The third kappa shape index (κ3) is 3.22. The highest BCUT2D eigenvalue weighted by atomic mass is 35.5. The molecule has 0 fully saturated rings. The molecule has 0 aliphatic carbocycles. The van der Waals surface area contributed by atoms with Crippen molar-refractivity contribution < 1.29 is 22.0 Å². The van der Waals surface area contributed by atoms with E-state index in [0.717, 1.165) is 0 Å². The van der Waals surface area contributed by atoms with Crippen molar-refractivity contribution in [1.29, 1.82) is 0 Å². The molecule has 0 spiro atoms. The summed E-state index contributed by atoms with van der Waals surface area (Å²) in [4.78, 5) is 0. The van der Waals surface area contributed by atoms with Gasteiger partial charge in [-0.1, -0.05) is 0 Å². The van der Waals surface area contributed by atoms with Crippen LogP contribution in [0.5, 0.6) is 0 Å². The topological polar surface area (TPSA) is 0 Å². The summed E-state index contributed by atoms with van der Waals surface area (Å²) in [6.07, 6.45) is -7.02. The number of hydrogen-bond acceptors (Lipinski definition) is 0. The van der Waals surface area contributed by atoms with E-state index < -0.39 is 18.5 Å². The zero-order chi connectivity index (χ0) is 9.12. The fourth-order valence-electron chi connectivity index (χ4n) is 0.431. The SMILES string of the molecule is FC(F)(F)C(F)(F)CCCCl.